The molecule has 0 saturated heterocycles. The number of hydrogen-bond donors (Lipinski definition) is 5. The molecule has 0 aliphatic heterocycles. The van der Waals surface area contributed by atoms with E-state index in [1.54, 1.807) is 13.8 Å². The molecule has 0 aromatic heterocycles. The first-order valence-corrected chi connectivity index (χ1v) is 7.72. The molecular weight excluding hydrogens is 324 g/mol. The molecule has 6 N–H and O–H groups in total. The number of thiol groups is 1. The number of hydrogen-bond acceptors (Lipinski definition) is 7. The van der Waals surface area contributed by atoms with Crippen LogP contribution < -0.4 is 22.1 Å². The minimum absolute atomic E-state index is 0.0132. The number of rotatable bonds is 10. The van der Waals surface area contributed by atoms with Crippen LogP contribution in [0.2, 0.25) is 0 Å². The fourth-order valence-corrected chi connectivity index (χ4v) is 1.75. The average Bonchev–Trinajstić information content (AvgIpc) is 2.46. The lowest BCUT2D eigenvalue weighted by Crippen LogP contribution is -2.53. The molecule has 0 bridgehead atoms. The summed E-state index contributed by atoms with van der Waals surface area (Å²) in [4.78, 5) is 45.7. The Labute approximate surface area is 140 Å². The first-order valence-electron chi connectivity index (χ1n) is 7.09. The summed E-state index contributed by atoms with van der Waals surface area (Å²) in [5.41, 5.74) is 10.6. The summed E-state index contributed by atoms with van der Waals surface area (Å²) in [6.45, 7) is 3.05. The summed E-state index contributed by atoms with van der Waals surface area (Å²) >= 11 is 3.98. The van der Waals surface area contributed by atoms with E-state index in [-0.39, 0.29) is 31.2 Å². The van der Waals surface area contributed by atoms with Crippen molar-refractivity contribution in [3.8, 4) is 0 Å². The van der Waals surface area contributed by atoms with Crippen molar-refractivity contribution in [2.75, 3.05) is 12.3 Å². The molecule has 0 saturated carbocycles. The number of nitrogens with two attached hydrogens (primary N) is 2. The highest BCUT2D eigenvalue weighted by Crippen LogP contribution is 1.97. The molecule has 0 rings (SSSR count). The summed E-state index contributed by atoms with van der Waals surface area (Å²) in [6.07, 6.45) is -0.251. The molecular formula is C13H24N4O5S. The smallest absolute Gasteiger partial charge is 0.325 e. The predicted octanol–water partition coefficient (Wildman–Crippen LogP) is -1.94. The fraction of sp³-hybridized carbons (Fsp3) is 0.692. The van der Waals surface area contributed by atoms with Gasteiger partial charge < -0.3 is 26.8 Å². The minimum Gasteiger partial charge on any atom is -0.462 e. The van der Waals surface area contributed by atoms with Crippen LogP contribution in [0.25, 0.3) is 0 Å². The molecule has 132 valence electrons. The standard InChI is InChI=1S/C13H24N4O5S/c1-7(2)22-11(19)5-16-13(21)9(6-23)17-12(20)8(14)3-4-10(15)18/h7-9,23H,3-6,14H2,1-2H3,(H2,15,18)(H,16,21)(H,17,20)/t8-,9-/m0/s1. The van der Waals surface area contributed by atoms with E-state index in [2.05, 4.69) is 23.3 Å². The molecule has 3 amide bonds. The molecule has 2 atom stereocenters. The van der Waals surface area contributed by atoms with Crippen LogP contribution in [0.5, 0.6) is 0 Å². The van der Waals surface area contributed by atoms with Crippen LogP contribution in [0.1, 0.15) is 26.7 Å². The van der Waals surface area contributed by atoms with Gasteiger partial charge >= 0.3 is 5.97 Å². The van der Waals surface area contributed by atoms with Gasteiger partial charge in [-0.2, -0.15) is 12.6 Å². The third-order valence-electron chi connectivity index (χ3n) is 2.63. The maximum Gasteiger partial charge on any atom is 0.325 e. The summed E-state index contributed by atoms with van der Waals surface area (Å²) in [6, 6.07) is -1.93. The van der Waals surface area contributed by atoms with E-state index in [1.165, 1.54) is 0 Å². The number of carbonyl (C=O) groups is 4. The first kappa shape index (κ1) is 21.2. The Hall–Kier alpha value is -1.81. The summed E-state index contributed by atoms with van der Waals surface area (Å²) < 4.78 is 4.86. The van der Waals surface area contributed by atoms with Gasteiger partial charge in [0.1, 0.15) is 12.6 Å². The third-order valence-corrected chi connectivity index (χ3v) is 2.99. The Bertz CT molecular complexity index is 444. The molecule has 0 aliphatic carbocycles. The van der Waals surface area contributed by atoms with E-state index < -0.39 is 35.8 Å². The number of carbonyl (C=O) groups excluding carboxylic acids is 4. The van der Waals surface area contributed by atoms with Gasteiger partial charge in [-0.05, 0) is 20.3 Å². The summed E-state index contributed by atoms with van der Waals surface area (Å²) in [5, 5.41) is 4.74. The number of amides is 3. The van der Waals surface area contributed by atoms with Crippen LogP contribution in [0.15, 0.2) is 0 Å². The van der Waals surface area contributed by atoms with Crippen LogP contribution in [-0.2, 0) is 23.9 Å². The van der Waals surface area contributed by atoms with E-state index >= 15 is 0 Å². The van der Waals surface area contributed by atoms with Crippen molar-refractivity contribution in [1.29, 1.82) is 0 Å². The van der Waals surface area contributed by atoms with E-state index in [4.69, 9.17) is 16.2 Å². The van der Waals surface area contributed by atoms with Gasteiger partial charge in [0.15, 0.2) is 0 Å². The molecule has 0 fully saturated rings. The Morgan fingerprint density at radius 3 is 2.26 bits per heavy atom. The van der Waals surface area contributed by atoms with Gasteiger partial charge in [0.05, 0.1) is 12.1 Å². The quantitative estimate of drug-likeness (QED) is 0.229. The minimum atomic E-state index is -0.969. The zero-order valence-corrected chi connectivity index (χ0v) is 14.1. The first-order chi connectivity index (χ1) is 10.7. The van der Waals surface area contributed by atoms with Crippen molar-refractivity contribution in [2.45, 2.75) is 44.9 Å². The molecule has 9 nitrogen and oxygen atoms in total. The van der Waals surface area contributed by atoms with Gasteiger partial charge in [-0.3, -0.25) is 19.2 Å². The molecule has 0 aromatic rings. The molecule has 0 heterocycles. The predicted molar refractivity (Wildman–Crippen MR) is 86.4 cm³/mol. The largest absolute Gasteiger partial charge is 0.462 e. The van der Waals surface area contributed by atoms with Crippen molar-refractivity contribution >= 4 is 36.3 Å². The summed E-state index contributed by atoms with van der Waals surface area (Å²) in [5.74, 6) is -2.34. The van der Waals surface area contributed by atoms with Crippen LogP contribution in [0, 0.1) is 0 Å². The third kappa shape index (κ3) is 9.74. The van der Waals surface area contributed by atoms with Gasteiger partial charge in [-0.15, -0.1) is 0 Å². The van der Waals surface area contributed by atoms with Crippen molar-refractivity contribution < 1.29 is 23.9 Å². The normalized spacial score (nSPS) is 13.1. The molecule has 0 unspecified atom stereocenters. The molecule has 0 radical (unpaired) electrons. The van der Waals surface area contributed by atoms with Crippen LogP contribution in [-0.4, -0.2) is 54.2 Å². The van der Waals surface area contributed by atoms with E-state index in [0.29, 0.717) is 0 Å². The molecule has 10 heteroatoms. The van der Waals surface area contributed by atoms with Gasteiger partial charge in [-0.1, -0.05) is 0 Å². The highest BCUT2D eigenvalue weighted by Gasteiger charge is 2.23. The molecule has 0 aliphatic rings. The van der Waals surface area contributed by atoms with Gasteiger partial charge in [0.25, 0.3) is 0 Å². The monoisotopic (exact) mass is 348 g/mol. The van der Waals surface area contributed by atoms with Gasteiger partial charge in [0, 0.05) is 12.2 Å². The van der Waals surface area contributed by atoms with Crippen LogP contribution in [0.4, 0.5) is 0 Å². The van der Waals surface area contributed by atoms with Crippen molar-refractivity contribution in [3.63, 3.8) is 0 Å². The zero-order chi connectivity index (χ0) is 18.0. The second-order valence-electron chi connectivity index (χ2n) is 5.11. The Kier molecular flexibility index (Phi) is 9.99. The molecule has 0 spiro atoms. The second-order valence-corrected chi connectivity index (χ2v) is 5.48. The van der Waals surface area contributed by atoms with Crippen LogP contribution >= 0.6 is 12.6 Å². The number of esters is 1. The lowest BCUT2D eigenvalue weighted by molar-refractivity contribution is -0.147. The maximum absolute atomic E-state index is 11.9. The van der Waals surface area contributed by atoms with Gasteiger partial charge in [0.2, 0.25) is 17.7 Å². The average molecular weight is 348 g/mol. The summed E-state index contributed by atoms with van der Waals surface area (Å²) in [7, 11) is 0. The number of ether oxygens (including phenoxy) is 1. The van der Waals surface area contributed by atoms with E-state index in [0.717, 1.165) is 0 Å². The van der Waals surface area contributed by atoms with Crippen molar-refractivity contribution in [2.24, 2.45) is 11.5 Å². The topological polar surface area (TPSA) is 154 Å². The van der Waals surface area contributed by atoms with Crippen molar-refractivity contribution in [3.05, 3.63) is 0 Å². The van der Waals surface area contributed by atoms with E-state index in [9.17, 15) is 19.2 Å². The SMILES string of the molecule is CC(C)OC(=O)CNC(=O)[C@H](CS)NC(=O)[C@@H](N)CCC(N)=O. The number of primary amides is 1. The Balaban J connectivity index is 4.35. The molecule has 0 aromatic carbocycles. The lowest BCUT2D eigenvalue weighted by Gasteiger charge is -2.19. The van der Waals surface area contributed by atoms with E-state index in [1.807, 2.05) is 0 Å². The second kappa shape index (κ2) is 10.8. The zero-order valence-electron chi connectivity index (χ0n) is 13.2. The maximum atomic E-state index is 11.9. The lowest BCUT2D eigenvalue weighted by atomic mass is 10.1. The number of nitrogens with one attached hydrogen (secondary N) is 2. The van der Waals surface area contributed by atoms with Crippen LogP contribution in [0.3, 0.4) is 0 Å². The fourth-order valence-electron chi connectivity index (χ4n) is 1.49. The van der Waals surface area contributed by atoms with Gasteiger partial charge in [-0.25, -0.2) is 0 Å². The van der Waals surface area contributed by atoms with Crippen molar-refractivity contribution in [1.82, 2.24) is 10.6 Å². The highest BCUT2D eigenvalue weighted by molar-refractivity contribution is 7.80. The Morgan fingerprint density at radius 1 is 1.17 bits per heavy atom. The Morgan fingerprint density at radius 2 is 1.78 bits per heavy atom. The molecule has 23 heavy (non-hydrogen) atoms. The highest BCUT2D eigenvalue weighted by atomic mass is 32.1.